The highest BCUT2D eigenvalue weighted by Gasteiger charge is 2.31. The molecule has 0 radical (unpaired) electrons. The smallest absolute Gasteiger partial charge is 0.379 e. The third kappa shape index (κ3) is 21.2. The molecule has 5 aromatic carbocycles. The molecular formula is C61H60BrFN2O13Si. The normalized spacial score (nSPS) is 13.0. The average Bonchev–Trinajstić information content (AvgIpc) is 4.13. The van der Waals surface area contributed by atoms with Crippen molar-refractivity contribution in [3.8, 4) is 41.9 Å². The number of halogens is 2. The molecule has 7 rings (SSSR count). The number of rotatable bonds is 17. The van der Waals surface area contributed by atoms with Crippen molar-refractivity contribution in [3.63, 3.8) is 0 Å². The number of esters is 2. The lowest BCUT2D eigenvalue weighted by Crippen LogP contribution is -2.48. The van der Waals surface area contributed by atoms with Gasteiger partial charge >= 0.3 is 17.9 Å². The van der Waals surface area contributed by atoms with Crippen molar-refractivity contribution in [2.75, 3.05) is 32.8 Å². The first kappa shape index (κ1) is 63.2. The first-order valence-corrected chi connectivity index (χ1v) is 29.3. The van der Waals surface area contributed by atoms with E-state index in [2.05, 4.69) is 78.6 Å². The quantitative estimate of drug-likeness (QED) is 0.0261. The molecule has 0 bridgehead atoms. The number of ether oxygens (including phenoxy) is 3. The predicted molar refractivity (Wildman–Crippen MR) is 300 cm³/mol. The molecule has 79 heavy (non-hydrogen) atoms. The Morgan fingerprint density at radius 1 is 0.684 bits per heavy atom. The molecule has 2 aliphatic rings. The van der Waals surface area contributed by atoms with Gasteiger partial charge in [0, 0.05) is 50.0 Å². The number of hydrogen-bond donors (Lipinski definition) is 3. The van der Waals surface area contributed by atoms with Gasteiger partial charge in [0.25, 0.3) is 23.3 Å². The lowest BCUT2D eigenvalue weighted by molar-refractivity contribution is -0.138. The Kier molecular flexibility index (Phi) is 25.0. The Bertz CT molecular complexity index is 3120. The molecule has 0 spiro atoms. The molecule has 1 amide bonds. The summed E-state index contributed by atoms with van der Waals surface area (Å²) in [5, 5.41) is 22.1. The lowest BCUT2D eigenvalue weighted by Gasteiger charge is -2.28. The molecule has 0 aromatic heterocycles. The van der Waals surface area contributed by atoms with Crippen LogP contribution in [-0.4, -0.2) is 115 Å². The van der Waals surface area contributed by atoms with E-state index in [1.807, 2.05) is 0 Å². The number of terminal acetylenes is 2. The van der Waals surface area contributed by atoms with Gasteiger partial charge in [0.1, 0.15) is 14.2 Å². The van der Waals surface area contributed by atoms with E-state index in [4.69, 9.17) is 22.7 Å². The average molecular weight is 1160 g/mol. The van der Waals surface area contributed by atoms with Crippen LogP contribution in [0.5, 0.6) is 5.75 Å². The van der Waals surface area contributed by atoms with Gasteiger partial charge in [0.05, 0.1) is 25.4 Å². The van der Waals surface area contributed by atoms with Crippen LogP contribution in [0.4, 0.5) is 4.39 Å². The topological polar surface area (TPSA) is 220 Å². The Hall–Kier alpha value is -8.31. The molecule has 2 atom stereocenters. The third-order valence-electron chi connectivity index (χ3n) is 11.3. The van der Waals surface area contributed by atoms with Crippen LogP contribution >= 0.6 is 15.9 Å². The molecule has 5 aromatic rings. The summed E-state index contributed by atoms with van der Waals surface area (Å²) in [6.45, 7) is 12.2. The molecule has 410 valence electrons. The lowest BCUT2D eigenvalue weighted by atomic mass is 10.0. The standard InChI is InChI=1S/C26H27FN2O4.C15H18O3Si.C10H9BrO3.C10H6O3/c1-2-17-5-7-18(8-6-17)25(31)26(32)28-22(16-29-13-3-4-14-29)24(30)19-9-12-23(21(27)15-19)33-20-10-11-20;1-5-18-15(17)14(16)13-8-6-12(7-9-13)10-11-19(2,3)4;1-2-14-10(13)9(12)7-3-5-8(11)6-4-7;1-2-7-3-5-8(6-4-7)9(11)10(12)13/h1,5-9,12,15,20,22,24,30H,3-4,10-11,13-14,16H2,(H,28,32);6-9H,5H2,1-4H3;3-6H,2H2,1H3;1,3-6H,(H,12,13)/t22-,24-;;;/m1.../s1. The van der Waals surface area contributed by atoms with Crippen molar-refractivity contribution in [1.29, 1.82) is 0 Å². The summed E-state index contributed by atoms with van der Waals surface area (Å²) in [5.41, 5.74) is 6.62. The zero-order valence-corrected chi connectivity index (χ0v) is 46.9. The van der Waals surface area contributed by atoms with Gasteiger partial charge in [-0.05, 0) is 167 Å². The minimum Gasteiger partial charge on any atom is -0.487 e. The minimum atomic E-state index is -1.46. The summed E-state index contributed by atoms with van der Waals surface area (Å²) >= 11 is 3.23. The Morgan fingerprint density at radius 3 is 1.54 bits per heavy atom. The molecule has 18 heteroatoms. The zero-order chi connectivity index (χ0) is 58.2. The number of ketones is 4. The number of amides is 1. The Labute approximate surface area is 468 Å². The molecule has 1 aliphatic carbocycles. The highest BCUT2D eigenvalue weighted by molar-refractivity contribution is 9.10. The number of carboxylic acid groups (broad SMARTS) is 1. The molecular weight excluding hydrogens is 1100 g/mol. The summed E-state index contributed by atoms with van der Waals surface area (Å²) < 4.78 is 30.2. The van der Waals surface area contributed by atoms with Crippen LogP contribution in [0, 0.1) is 42.0 Å². The number of carbonyl (C=O) groups excluding carboxylic acids is 7. The zero-order valence-electron chi connectivity index (χ0n) is 44.3. The van der Waals surface area contributed by atoms with Gasteiger partial charge in [-0.1, -0.05) is 59.4 Å². The largest absolute Gasteiger partial charge is 0.487 e. The van der Waals surface area contributed by atoms with Gasteiger partial charge in [-0.2, -0.15) is 0 Å². The van der Waals surface area contributed by atoms with Crippen LogP contribution in [0.25, 0.3) is 0 Å². The summed E-state index contributed by atoms with van der Waals surface area (Å²) in [7, 11) is -1.41. The summed E-state index contributed by atoms with van der Waals surface area (Å²) in [5.74, 6) is 0.698. The molecule has 1 heterocycles. The van der Waals surface area contributed by atoms with Crippen molar-refractivity contribution in [2.45, 2.75) is 77.4 Å². The number of nitrogens with one attached hydrogen (secondary N) is 1. The second kappa shape index (κ2) is 31.2. The second-order valence-corrected chi connectivity index (χ2v) is 24.3. The van der Waals surface area contributed by atoms with E-state index in [1.54, 1.807) is 80.6 Å². The number of carbonyl (C=O) groups is 8. The van der Waals surface area contributed by atoms with Gasteiger partial charge < -0.3 is 34.6 Å². The molecule has 1 aliphatic heterocycles. The number of benzene rings is 5. The molecule has 3 N–H and O–H groups in total. The molecule has 0 unspecified atom stereocenters. The van der Waals surface area contributed by atoms with Crippen molar-refractivity contribution in [1.82, 2.24) is 10.2 Å². The Balaban J connectivity index is 0.000000248. The third-order valence-corrected chi connectivity index (χ3v) is 12.7. The monoisotopic (exact) mass is 1150 g/mol. The molecule has 2 fully saturated rings. The summed E-state index contributed by atoms with van der Waals surface area (Å²) in [6, 6.07) is 28.8. The summed E-state index contributed by atoms with van der Waals surface area (Å²) in [6.07, 6.45) is 13.1. The van der Waals surface area contributed by atoms with Gasteiger partial charge in [-0.25, -0.2) is 18.8 Å². The molecule has 1 saturated heterocycles. The number of aliphatic hydroxyl groups excluding tert-OH is 1. The van der Waals surface area contributed by atoms with Crippen LogP contribution in [0.15, 0.2) is 120 Å². The van der Waals surface area contributed by atoms with Gasteiger partial charge in [-0.3, -0.25) is 24.0 Å². The number of nitrogens with zero attached hydrogens (tertiary/aromatic N) is 1. The Morgan fingerprint density at radius 2 is 1.13 bits per heavy atom. The van der Waals surface area contributed by atoms with Crippen LogP contribution < -0.4 is 10.1 Å². The molecule has 1 saturated carbocycles. The fraction of sp³-hybridized carbons (Fsp3) is 0.279. The van der Waals surface area contributed by atoms with Crippen LogP contribution in [-0.2, 0) is 28.7 Å². The number of hydrogen-bond acceptors (Lipinski definition) is 13. The highest BCUT2D eigenvalue weighted by atomic mass is 79.9. The van der Waals surface area contributed by atoms with Crippen molar-refractivity contribution in [2.24, 2.45) is 0 Å². The fourth-order valence-electron chi connectivity index (χ4n) is 6.98. The summed E-state index contributed by atoms with van der Waals surface area (Å²) in [4.78, 5) is 94.0. The number of likely N-dealkylation sites (tertiary alicyclic amines) is 1. The van der Waals surface area contributed by atoms with Gasteiger partial charge in [0.15, 0.2) is 11.6 Å². The predicted octanol–water partition coefficient (Wildman–Crippen LogP) is 8.64. The fourth-order valence-corrected chi connectivity index (χ4v) is 7.76. The first-order valence-electron chi connectivity index (χ1n) is 25.0. The number of carboxylic acids is 1. The van der Waals surface area contributed by atoms with Crippen LogP contribution in [0.1, 0.15) is 109 Å². The maximum Gasteiger partial charge on any atom is 0.379 e. The second-order valence-electron chi connectivity index (χ2n) is 18.6. The number of aliphatic hydroxyl groups is 1. The van der Waals surface area contributed by atoms with E-state index in [1.165, 1.54) is 48.5 Å². The van der Waals surface area contributed by atoms with E-state index < -0.39 is 73.0 Å². The maximum atomic E-state index is 14.5. The van der Waals surface area contributed by atoms with Gasteiger partial charge in [-0.15, -0.1) is 18.4 Å². The minimum absolute atomic E-state index is 0.0539. The van der Waals surface area contributed by atoms with Crippen LogP contribution in [0.3, 0.4) is 0 Å². The molecule has 15 nitrogen and oxygen atoms in total. The van der Waals surface area contributed by atoms with Crippen molar-refractivity contribution in [3.05, 3.63) is 170 Å². The van der Waals surface area contributed by atoms with Crippen LogP contribution in [0.2, 0.25) is 19.6 Å². The number of aliphatic carboxylic acids is 1. The van der Waals surface area contributed by atoms with E-state index >= 15 is 0 Å². The van der Waals surface area contributed by atoms with E-state index in [0.29, 0.717) is 34.4 Å². The maximum absolute atomic E-state index is 14.5. The number of Topliss-reactive ketones (excluding diaryl/α,β-unsaturated/α-hetero) is 4. The van der Waals surface area contributed by atoms with Crippen molar-refractivity contribution < 1.29 is 67.2 Å². The van der Waals surface area contributed by atoms with E-state index in [9.17, 15) is 47.9 Å². The SMILES string of the molecule is C#Cc1ccc(C(=O)C(=O)N[C@H](CN2CCCC2)[C@H](O)c2ccc(OC3CC3)c(F)c2)cc1.C#Cc1ccc(C(=O)C(=O)O)cc1.CCOC(=O)C(=O)c1ccc(Br)cc1.CCOC(=O)C(=O)c1ccc(C#C[Si](C)(C)C)cc1. The highest BCUT2D eigenvalue weighted by Crippen LogP contribution is 2.31. The van der Waals surface area contributed by atoms with Gasteiger partial charge in [0.2, 0.25) is 5.78 Å². The first-order chi connectivity index (χ1) is 37.6. The van der Waals surface area contributed by atoms with E-state index in [-0.39, 0.29) is 36.2 Å². The van der Waals surface area contributed by atoms with Crippen molar-refractivity contribution >= 4 is 71.0 Å². The van der Waals surface area contributed by atoms with E-state index in [0.717, 1.165) is 48.8 Å².